The monoisotopic (exact) mass is 450 g/mol. The standard InChI is InChI=1S/C19H16Cl2N6O.ClH/c20-14-5-4-12(9-15(14)21)10-23-19-25-16-11-24-27(17(16)18(28)26-19)8-6-13-3-1-2-7-22-13;/h1-5,7,9,11H,6,8,10H2,(H2,23,25,26,28);1H. The Morgan fingerprint density at radius 3 is 2.76 bits per heavy atom. The van der Waals surface area contributed by atoms with Crippen molar-refractivity contribution in [3.63, 3.8) is 0 Å². The van der Waals surface area contributed by atoms with Crippen LogP contribution in [-0.2, 0) is 19.5 Å². The molecule has 0 aliphatic rings. The molecule has 3 aromatic heterocycles. The minimum atomic E-state index is -0.250. The van der Waals surface area contributed by atoms with Gasteiger partial charge in [0.15, 0.2) is 5.52 Å². The Bertz CT molecular complexity index is 1180. The highest BCUT2D eigenvalue weighted by atomic mass is 35.5. The Hall–Kier alpha value is -2.61. The highest BCUT2D eigenvalue weighted by Gasteiger charge is 2.11. The molecular weight excluding hydrogens is 435 g/mol. The summed E-state index contributed by atoms with van der Waals surface area (Å²) in [6.07, 6.45) is 4.01. The molecule has 4 rings (SSSR count). The molecular formula is C19H17Cl3N6O. The molecule has 0 aliphatic carbocycles. The van der Waals surface area contributed by atoms with E-state index in [4.69, 9.17) is 23.2 Å². The molecule has 3 heterocycles. The van der Waals surface area contributed by atoms with Gasteiger partial charge in [-0.3, -0.25) is 19.4 Å². The van der Waals surface area contributed by atoms with E-state index in [-0.39, 0.29) is 18.0 Å². The number of benzene rings is 1. The zero-order valence-corrected chi connectivity index (χ0v) is 17.4. The van der Waals surface area contributed by atoms with Gasteiger partial charge in [0.25, 0.3) is 5.56 Å². The van der Waals surface area contributed by atoms with Crippen molar-refractivity contribution in [2.45, 2.75) is 19.5 Å². The molecule has 0 saturated carbocycles. The van der Waals surface area contributed by atoms with Crippen LogP contribution in [0, 0.1) is 0 Å². The van der Waals surface area contributed by atoms with Crippen molar-refractivity contribution in [1.82, 2.24) is 24.7 Å². The number of aromatic amines is 1. The first-order chi connectivity index (χ1) is 13.6. The van der Waals surface area contributed by atoms with Crippen LogP contribution in [0.2, 0.25) is 10.0 Å². The first-order valence-corrected chi connectivity index (χ1v) is 9.39. The van der Waals surface area contributed by atoms with Gasteiger partial charge in [-0.1, -0.05) is 35.3 Å². The fourth-order valence-corrected chi connectivity index (χ4v) is 3.18. The highest BCUT2D eigenvalue weighted by molar-refractivity contribution is 6.42. The van der Waals surface area contributed by atoms with E-state index >= 15 is 0 Å². The molecule has 2 N–H and O–H groups in total. The van der Waals surface area contributed by atoms with Gasteiger partial charge in [-0.2, -0.15) is 5.10 Å². The van der Waals surface area contributed by atoms with Crippen molar-refractivity contribution in [1.29, 1.82) is 0 Å². The first-order valence-electron chi connectivity index (χ1n) is 8.64. The molecule has 150 valence electrons. The lowest BCUT2D eigenvalue weighted by Crippen LogP contribution is -2.16. The second kappa shape index (κ2) is 9.26. The fraction of sp³-hybridized carbons (Fsp3) is 0.158. The van der Waals surface area contributed by atoms with E-state index in [9.17, 15) is 4.79 Å². The maximum atomic E-state index is 12.6. The van der Waals surface area contributed by atoms with Crippen molar-refractivity contribution in [2.24, 2.45) is 0 Å². The molecule has 0 saturated heterocycles. The molecule has 4 aromatic rings. The largest absolute Gasteiger partial charge is 0.352 e. The van der Waals surface area contributed by atoms with E-state index in [1.807, 2.05) is 24.3 Å². The summed E-state index contributed by atoms with van der Waals surface area (Å²) in [6, 6.07) is 11.1. The van der Waals surface area contributed by atoms with Crippen LogP contribution >= 0.6 is 35.6 Å². The zero-order chi connectivity index (χ0) is 19.5. The number of rotatable bonds is 6. The van der Waals surface area contributed by atoms with Gasteiger partial charge in [-0.15, -0.1) is 12.4 Å². The van der Waals surface area contributed by atoms with Gasteiger partial charge in [0.2, 0.25) is 5.95 Å². The Morgan fingerprint density at radius 1 is 1.14 bits per heavy atom. The van der Waals surface area contributed by atoms with Crippen LogP contribution in [0.1, 0.15) is 11.3 Å². The molecule has 10 heteroatoms. The van der Waals surface area contributed by atoms with Crippen LogP contribution in [0.5, 0.6) is 0 Å². The molecule has 0 radical (unpaired) electrons. The lowest BCUT2D eigenvalue weighted by Gasteiger charge is -2.07. The average Bonchev–Trinajstić information content (AvgIpc) is 3.12. The Kier molecular flexibility index (Phi) is 6.74. The second-order valence-corrected chi connectivity index (χ2v) is 7.00. The number of aryl methyl sites for hydroxylation is 2. The van der Waals surface area contributed by atoms with Gasteiger partial charge in [0, 0.05) is 31.4 Å². The van der Waals surface area contributed by atoms with Gasteiger partial charge in [-0.25, -0.2) is 4.98 Å². The molecule has 0 amide bonds. The van der Waals surface area contributed by atoms with E-state index in [0.29, 0.717) is 46.5 Å². The van der Waals surface area contributed by atoms with Crippen molar-refractivity contribution >= 4 is 52.6 Å². The van der Waals surface area contributed by atoms with Crippen LogP contribution in [0.15, 0.2) is 53.6 Å². The van der Waals surface area contributed by atoms with Crippen molar-refractivity contribution in [3.8, 4) is 0 Å². The number of nitrogens with zero attached hydrogens (tertiary/aromatic N) is 4. The van der Waals surface area contributed by atoms with Gasteiger partial charge < -0.3 is 5.32 Å². The number of hydrogen-bond donors (Lipinski definition) is 2. The normalized spacial score (nSPS) is 10.7. The molecule has 0 aliphatic heterocycles. The Morgan fingerprint density at radius 2 is 2.00 bits per heavy atom. The second-order valence-electron chi connectivity index (χ2n) is 6.19. The first kappa shape index (κ1) is 21.1. The molecule has 0 fully saturated rings. The SMILES string of the molecule is Cl.O=c1[nH]c(NCc2ccc(Cl)c(Cl)c2)nc2cnn(CCc3ccccn3)c12. The van der Waals surface area contributed by atoms with E-state index < -0.39 is 0 Å². The minimum Gasteiger partial charge on any atom is -0.352 e. The third-order valence-corrected chi connectivity index (χ3v) is 4.99. The average molecular weight is 452 g/mol. The summed E-state index contributed by atoms with van der Waals surface area (Å²) >= 11 is 12.0. The van der Waals surface area contributed by atoms with E-state index in [2.05, 4.69) is 25.4 Å². The van der Waals surface area contributed by atoms with Crippen LogP contribution < -0.4 is 10.9 Å². The van der Waals surface area contributed by atoms with Crippen LogP contribution in [-0.4, -0.2) is 24.7 Å². The number of anilines is 1. The number of fused-ring (bicyclic) bond motifs is 1. The van der Waals surface area contributed by atoms with Crippen molar-refractivity contribution in [2.75, 3.05) is 5.32 Å². The summed E-state index contributed by atoms with van der Waals surface area (Å²) in [4.78, 5) is 24.0. The third-order valence-electron chi connectivity index (χ3n) is 4.25. The van der Waals surface area contributed by atoms with Gasteiger partial charge in [-0.05, 0) is 29.8 Å². The molecule has 0 atom stereocenters. The number of hydrogen-bond acceptors (Lipinski definition) is 5. The van der Waals surface area contributed by atoms with E-state index in [0.717, 1.165) is 11.3 Å². The number of pyridine rings is 1. The zero-order valence-electron chi connectivity index (χ0n) is 15.1. The van der Waals surface area contributed by atoms with E-state index in [1.54, 1.807) is 29.2 Å². The number of H-pyrrole nitrogens is 1. The summed E-state index contributed by atoms with van der Waals surface area (Å²) in [6.45, 7) is 0.987. The maximum Gasteiger partial charge on any atom is 0.278 e. The van der Waals surface area contributed by atoms with Crippen molar-refractivity contribution in [3.05, 3.63) is 80.4 Å². The van der Waals surface area contributed by atoms with Gasteiger partial charge >= 0.3 is 0 Å². The quantitative estimate of drug-likeness (QED) is 0.461. The van der Waals surface area contributed by atoms with Crippen molar-refractivity contribution < 1.29 is 0 Å². The topological polar surface area (TPSA) is 88.5 Å². The van der Waals surface area contributed by atoms with Crippen LogP contribution in [0.4, 0.5) is 5.95 Å². The van der Waals surface area contributed by atoms with Gasteiger partial charge in [0.05, 0.1) is 16.2 Å². The van der Waals surface area contributed by atoms with Crippen LogP contribution in [0.25, 0.3) is 11.0 Å². The number of halogens is 3. The summed E-state index contributed by atoms with van der Waals surface area (Å²) in [5.41, 5.74) is 2.58. The summed E-state index contributed by atoms with van der Waals surface area (Å²) in [5, 5.41) is 8.37. The molecule has 0 bridgehead atoms. The molecule has 0 spiro atoms. The van der Waals surface area contributed by atoms with Crippen LogP contribution in [0.3, 0.4) is 0 Å². The summed E-state index contributed by atoms with van der Waals surface area (Å²) in [7, 11) is 0. The predicted octanol–water partition coefficient (Wildman–Crippen LogP) is 4.10. The molecule has 1 aromatic carbocycles. The lowest BCUT2D eigenvalue weighted by molar-refractivity contribution is 0.626. The maximum absolute atomic E-state index is 12.6. The molecule has 7 nitrogen and oxygen atoms in total. The number of aromatic nitrogens is 5. The summed E-state index contributed by atoms with van der Waals surface area (Å²) in [5.74, 6) is 0.368. The minimum absolute atomic E-state index is 0. The number of nitrogens with one attached hydrogen (secondary N) is 2. The molecule has 0 unspecified atom stereocenters. The summed E-state index contributed by atoms with van der Waals surface area (Å²) < 4.78 is 1.65. The van der Waals surface area contributed by atoms with E-state index in [1.165, 1.54) is 0 Å². The fourth-order valence-electron chi connectivity index (χ4n) is 2.86. The smallest absolute Gasteiger partial charge is 0.278 e. The highest BCUT2D eigenvalue weighted by Crippen LogP contribution is 2.22. The third kappa shape index (κ3) is 4.87. The Labute approximate surface area is 182 Å². The Balaban J connectivity index is 0.00000240. The predicted molar refractivity (Wildman–Crippen MR) is 117 cm³/mol. The lowest BCUT2D eigenvalue weighted by atomic mass is 10.2. The van der Waals surface area contributed by atoms with Gasteiger partial charge in [0.1, 0.15) is 5.52 Å². The molecule has 29 heavy (non-hydrogen) atoms.